The molecule has 2 aromatic rings. The van der Waals surface area contributed by atoms with Gasteiger partial charge >= 0.3 is 0 Å². The molecule has 0 N–H and O–H groups in total. The van der Waals surface area contributed by atoms with Crippen LogP contribution in [0, 0.1) is 17.2 Å². The number of hydrogen-bond acceptors (Lipinski definition) is 3. The van der Waals surface area contributed by atoms with E-state index in [0.717, 1.165) is 5.39 Å². The van der Waals surface area contributed by atoms with Crippen LogP contribution in [0.15, 0.2) is 30.5 Å². The summed E-state index contributed by atoms with van der Waals surface area (Å²) >= 11 is 6.10. The Labute approximate surface area is 129 Å². The lowest BCUT2D eigenvalue weighted by molar-refractivity contribution is 0.0754. The Hall–Kier alpha value is -2.12. The third kappa shape index (κ3) is 3.32. The molecule has 0 spiro atoms. The van der Waals surface area contributed by atoms with Crippen LogP contribution < -0.4 is 0 Å². The number of pyridine rings is 1. The first-order valence-electron chi connectivity index (χ1n) is 6.80. The average Bonchev–Trinajstić information content (AvgIpc) is 2.50. The van der Waals surface area contributed by atoms with Crippen molar-refractivity contribution in [3.05, 3.63) is 41.0 Å². The summed E-state index contributed by atoms with van der Waals surface area (Å²) in [6.45, 7) is 4.62. The van der Waals surface area contributed by atoms with Crippen LogP contribution in [0.25, 0.3) is 10.9 Å². The number of halogens is 1. The smallest absolute Gasteiger partial charge is 0.256 e. The second-order valence-corrected chi connectivity index (χ2v) is 5.34. The predicted octanol–water partition coefficient (Wildman–Crippen LogP) is 3.51. The zero-order chi connectivity index (χ0) is 15.4. The van der Waals surface area contributed by atoms with Crippen LogP contribution in [0.4, 0.5) is 0 Å². The molecule has 1 aromatic carbocycles. The first-order chi connectivity index (χ1) is 10.1. The van der Waals surface area contributed by atoms with Gasteiger partial charge in [0.25, 0.3) is 5.91 Å². The summed E-state index contributed by atoms with van der Waals surface area (Å²) in [5.74, 6) is -0.363. The zero-order valence-electron chi connectivity index (χ0n) is 12.0. The Balaban J connectivity index is 2.45. The van der Waals surface area contributed by atoms with Gasteiger partial charge in [-0.1, -0.05) is 17.7 Å². The van der Waals surface area contributed by atoms with Gasteiger partial charge in [-0.05, 0) is 32.0 Å². The third-order valence-electron chi connectivity index (χ3n) is 3.28. The highest BCUT2D eigenvalue weighted by molar-refractivity contribution is 6.32. The van der Waals surface area contributed by atoms with E-state index in [9.17, 15) is 4.79 Å². The van der Waals surface area contributed by atoms with Crippen molar-refractivity contribution in [1.29, 1.82) is 5.26 Å². The second kappa shape index (κ2) is 6.55. The van der Waals surface area contributed by atoms with E-state index in [1.807, 2.05) is 19.1 Å². The summed E-state index contributed by atoms with van der Waals surface area (Å²) < 4.78 is 0. The second-order valence-electron chi connectivity index (χ2n) is 4.90. The highest BCUT2D eigenvalue weighted by atomic mass is 35.5. The number of carbonyl (C=O) groups excluding carboxylic acids is 1. The van der Waals surface area contributed by atoms with E-state index < -0.39 is 0 Å². The van der Waals surface area contributed by atoms with Gasteiger partial charge in [0.2, 0.25) is 0 Å². The van der Waals surface area contributed by atoms with E-state index in [4.69, 9.17) is 16.9 Å². The van der Waals surface area contributed by atoms with Crippen molar-refractivity contribution in [2.24, 2.45) is 5.92 Å². The van der Waals surface area contributed by atoms with Crippen molar-refractivity contribution in [3.63, 3.8) is 0 Å². The monoisotopic (exact) mass is 301 g/mol. The SMILES string of the molecule is CCN(C[C@@H](C)C#N)C(=O)c1cc(Cl)cc2cccnc12. The number of benzene rings is 1. The number of hydrogen-bond donors (Lipinski definition) is 0. The van der Waals surface area contributed by atoms with Crippen LogP contribution in [0.5, 0.6) is 0 Å². The summed E-state index contributed by atoms with van der Waals surface area (Å²) in [5, 5.41) is 10.3. The van der Waals surface area contributed by atoms with Gasteiger partial charge in [0, 0.05) is 29.7 Å². The Morgan fingerprint density at radius 2 is 2.29 bits per heavy atom. The minimum atomic E-state index is -0.215. The Bertz CT molecular complexity index is 708. The Morgan fingerprint density at radius 3 is 2.95 bits per heavy atom. The first-order valence-corrected chi connectivity index (χ1v) is 7.17. The normalized spacial score (nSPS) is 11.9. The molecule has 0 aliphatic rings. The number of nitrogens with zero attached hydrogens (tertiary/aromatic N) is 3. The molecule has 0 bridgehead atoms. The molecule has 1 heterocycles. The molecule has 0 fully saturated rings. The summed E-state index contributed by atoms with van der Waals surface area (Å²) in [4.78, 5) is 18.6. The fourth-order valence-corrected chi connectivity index (χ4v) is 2.44. The molecular formula is C16H16ClN3O. The Morgan fingerprint density at radius 1 is 1.52 bits per heavy atom. The van der Waals surface area contributed by atoms with Gasteiger partial charge in [-0.25, -0.2) is 0 Å². The van der Waals surface area contributed by atoms with Gasteiger partial charge in [0.05, 0.1) is 23.1 Å². The molecule has 0 saturated heterocycles. The van der Waals surface area contributed by atoms with Crippen molar-refractivity contribution in [2.45, 2.75) is 13.8 Å². The molecule has 0 aliphatic heterocycles. The summed E-state index contributed by atoms with van der Waals surface area (Å²) in [6, 6.07) is 9.26. The summed E-state index contributed by atoms with van der Waals surface area (Å²) in [6.07, 6.45) is 1.65. The van der Waals surface area contributed by atoms with E-state index in [1.165, 1.54) is 0 Å². The van der Waals surface area contributed by atoms with Gasteiger partial charge in [0.1, 0.15) is 0 Å². The molecular weight excluding hydrogens is 286 g/mol. The van der Waals surface area contributed by atoms with E-state index >= 15 is 0 Å². The van der Waals surface area contributed by atoms with Crippen molar-refractivity contribution in [1.82, 2.24) is 9.88 Å². The van der Waals surface area contributed by atoms with Gasteiger partial charge in [-0.2, -0.15) is 5.26 Å². The topological polar surface area (TPSA) is 57.0 Å². The lowest BCUT2D eigenvalue weighted by Crippen LogP contribution is -2.34. The maximum absolute atomic E-state index is 12.7. The van der Waals surface area contributed by atoms with Crippen molar-refractivity contribution in [3.8, 4) is 6.07 Å². The molecule has 1 aromatic heterocycles. The highest BCUT2D eigenvalue weighted by Gasteiger charge is 2.20. The largest absolute Gasteiger partial charge is 0.338 e. The molecule has 4 nitrogen and oxygen atoms in total. The number of aromatic nitrogens is 1. The number of rotatable bonds is 4. The van der Waals surface area contributed by atoms with E-state index in [-0.39, 0.29) is 11.8 Å². The Kier molecular flexibility index (Phi) is 4.77. The number of carbonyl (C=O) groups is 1. The lowest BCUT2D eigenvalue weighted by Gasteiger charge is -2.22. The molecule has 0 unspecified atom stereocenters. The summed E-state index contributed by atoms with van der Waals surface area (Å²) in [7, 11) is 0. The van der Waals surface area contributed by atoms with Crippen LogP contribution in [0.3, 0.4) is 0 Å². The molecule has 0 aliphatic carbocycles. The highest BCUT2D eigenvalue weighted by Crippen LogP contribution is 2.23. The van der Waals surface area contributed by atoms with Crippen LogP contribution >= 0.6 is 11.6 Å². The standard InChI is InChI=1S/C16H16ClN3O/c1-3-20(10-11(2)9-18)16(21)14-8-13(17)7-12-5-4-6-19-15(12)14/h4-8,11H,3,10H2,1-2H3/t11-/m0/s1. The minimum Gasteiger partial charge on any atom is -0.338 e. The lowest BCUT2D eigenvalue weighted by atomic mass is 10.1. The predicted molar refractivity (Wildman–Crippen MR) is 83.1 cm³/mol. The molecule has 1 amide bonds. The number of nitriles is 1. The molecule has 5 heteroatoms. The quantitative estimate of drug-likeness (QED) is 0.868. The van der Waals surface area contributed by atoms with Crippen LogP contribution in [-0.4, -0.2) is 28.9 Å². The van der Waals surface area contributed by atoms with E-state index in [0.29, 0.717) is 29.2 Å². The van der Waals surface area contributed by atoms with E-state index in [2.05, 4.69) is 11.1 Å². The maximum atomic E-state index is 12.7. The number of fused-ring (bicyclic) bond motifs is 1. The van der Waals surface area contributed by atoms with E-state index in [1.54, 1.807) is 30.2 Å². The van der Waals surface area contributed by atoms with Crippen LogP contribution in [-0.2, 0) is 0 Å². The van der Waals surface area contributed by atoms with Crippen molar-refractivity contribution < 1.29 is 4.79 Å². The van der Waals surface area contributed by atoms with Crippen molar-refractivity contribution >= 4 is 28.4 Å². The molecule has 0 saturated carbocycles. The van der Waals surface area contributed by atoms with Crippen molar-refractivity contribution in [2.75, 3.05) is 13.1 Å². The third-order valence-corrected chi connectivity index (χ3v) is 3.50. The molecule has 1 atom stereocenters. The average molecular weight is 302 g/mol. The molecule has 108 valence electrons. The zero-order valence-corrected chi connectivity index (χ0v) is 12.8. The maximum Gasteiger partial charge on any atom is 0.256 e. The minimum absolute atomic E-state index is 0.147. The van der Waals surface area contributed by atoms with Crippen LogP contribution in [0.2, 0.25) is 5.02 Å². The van der Waals surface area contributed by atoms with Gasteiger partial charge < -0.3 is 4.90 Å². The molecule has 21 heavy (non-hydrogen) atoms. The molecule has 2 rings (SSSR count). The van der Waals surface area contributed by atoms with Crippen LogP contribution in [0.1, 0.15) is 24.2 Å². The number of amides is 1. The fraction of sp³-hybridized carbons (Fsp3) is 0.312. The fourth-order valence-electron chi connectivity index (χ4n) is 2.22. The first kappa shape index (κ1) is 15.3. The van der Waals surface area contributed by atoms with Gasteiger partial charge in [-0.15, -0.1) is 0 Å². The van der Waals surface area contributed by atoms with Gasteiger partial charge in [-0.3, -0.25) is 9.78 Å². The summed E-state index contributed by atoms with van der Waals surface area (Å²) in [5.41, 5.74) is 1.11. The van der Waals surface area contributed by atoms with Gasteiger partial charge in [0.15, 0.2) is 0 Å². The molecule has 0 radical (unpaired) electrons.